The van der Waals surface area contributed by atoms with E-state index in [2.05, 4.69) is 15.2 Å². The van der Waals surface area contributed by atoms with Crippen LogP contribution in [0.15, 0.2) is 46.5 Å². The minimum Gasteiger partial charge on any atom is -0.506 e. The molecule has 2 aliphatic heterocycles. The highest BCUT2D eigenvalue weighted by atomic mass is 16.6. The number of allylic oxidation sites excluding steroid dienone is 2. The van der Waals surface area contributed by atoms with Crippen molar-refractivity contribution < 1.29 is 39.1 Å². The summed E-state index contributed by atoms with van der Waals surface area (Å²) >= 11 is 0. The van der Waals surface area contributed by atoms with Crippen molar-refractivity contribution in [1.29, 1.82) is 0 Å². The summed E-state index contributed by atoms with van der Waals surface area (Å²) < 4.78 is 16.7. The molecule has 6 atom stereocenters. The van der Waals surface area contributed by atoms with Crippen LogP contribution in [0.1, 0.15) is 46.1 Å². The third kappa shape index (κ3) is 9.64. The second kappa shape index (κ2) is 16.6. The SMILES string of the molecule is CO[C@H]1/C=C\C=C(/C)C(=O)Nc2cc(O)c(N=CCN3CCC3)c(c2O)C[C@@H](C)C[C@H](OC)[C@H](O)[C@@H](C)/C=C(\C)[C@@H]1OC(N)=O. The monoisotopic (exact) mass is 628 g/mol. The number of hydrogen-bond acceptors (Lipinski definition) is 10. The van der Waals surface area contributed by atoms with Gasteiger partial charge in [0.25, 0.3) is 5.91 Å². The molecule has 2 heterocycles. The number of aliphatic hydroxyl groups excluding tert-OH is 1. The number of carbonyl (C=O) groups is 2. The number of fused-ring (bicyclic) bond motifs is 2. The lowest BCUT2D eigenvalue weighted by Crippen LogP contribution is -2.38. The minimum atomic E-state index is -0.987. The minimum absolute atomic E-state index is 0.0394. The average Bonchev–Trinajstić information content (AvgIpc) is 2.96. The lowest BCUT2D eigenvalue weighted by molar-refractivity contribution is -0.112. The number of amides is 2. The molecular weight excluding hydrogens is 580 g/mol. The molecule has 6 N–H and O–H groups in total. The number of aromatic hydroxyl groups is 2. The summed E-state index contributed by atoms with van der Waals surface area (Å²) in [5, 5.41) is 36.4. The van der Waals surface area contributed by atoms with E-state index in [4.69, 9.17) is 19.9 Å². The van der Waals surface area contributed by atoms with E-state index in [-0.39, 0.29) is 35.2 Å². The normalized spacial score (nSPS) is 30.4. The molecule has 1 fully saturated rings. The number of nitrogens with zero attached hydrogens (tertiary/aromatic N) is 2. The second-order valence-corrected chi connectivity index (χ2v) is 11.9. The number of aliphatic imine (C=N–C) groups is 1. The molecule has 12 nitrogen and oxygen atoms in total. The van der Waals surface area contributed by atoms with Crippen molar-refractivity contribution in [2.75, 3.05) is 39.2 Å². The summed E-state index contributed by atoms with van der Waals surface area (Å²) in [5.41, 5.74) is 6.91. The van der Waals surface area contributed by atoms with Crippen molar-refractivity contribution in [2.24, 2.45) is 22.6 Å². The molecule has 1 aromatic carbocycles. The topological polar surface area (TPSA) is 176 Å². The first-order valence-corrected chi connectivity index (χ1v) is 15.2. The quantitative estimate of drug-likeness (QED) is 0.135. The van der Waals surface area contributed by atoms with Crippen LogP contribution >= 0.6 is 0 Å². The number of ether oxygens (including phenoxy) is 3. The fourth-order valence-electron chi connectivity index (χ4n) is 5.55. The molecule has 0 spiro atoms. The number of benzene rings is 1. The van der Waals surface area contributed by atoms with Crippen LogP contribution in [0.4, 0.5) is 16.2 Å². The van der Waals surface area contributed by atoms with Gasteiger partial charge in [-0.15, -0.1) is 0 Å². The van der Waals surface area contributed by atoms with Crippen LogP contribution in [-0.4, -0.2) is 96.7 Å². The largest absolute Gasteiger partial charge is 0.506 e. The van der Waals surface area contributed by atoms with E-state index in [9.17, 15) is 24.9 Å². The number of nitrogens with two attached hydrogens (primary N) is 1. The van der Waals surface area contributed by atoms with Crippen LogP contribution in [0.25, 0.3) is 0 Å². The van der Waals surface area contributed by atoms with Crippen molar-refractivity contribution in [3.63, 3.8) is 0 Å². The molecule has 2 bridgehead atoms. The number of nitrogens with one attached hydrogen (secondary N) is 1. The smallest absolute Gasteiger partial charge is 0.405 e. The van der Waals surface area contributed by atoms with Crippen molar-refractivity contribution in [1.82, 2.24) is 4.90 Å². The van der Waals surface area contributed by atoms with Gasteiger partial charge in [0.05, 0.1) is 17.9 Å². The van der Waals surface area contributed by atoms with Crippen molar-refractivity contribution in [2.45, 2.75) is 71.4 Å². The number of aliphatic hydroxyl groups is 1. The van der Waals surface area contributed by atoms with Crippen LogP contribution in [0, 0.1) is 11.8 Å². The molecule has 3 rings (SSSR count). The fraction of sp³-hybridized carbons (Fsp3) is 0.545. The van der Waals surface area contributed by atoms with Gasteiger partial charge in [-0.05, 0) is 57.7 Å². The average molecular weight is 629 g/mol. The number of primary amides is 1. The second-order valence-electron chi connectivity index (χ2n) is 11.9. The van der Waals surface area contributed by atoms with E-state index < -0.39 is 42.3 Å². The number of hydrogen-bond donors (Lipinski definition) is 5. The van der Waals surface area contributed by atoms with Crippen molar-refractivity contribution in [3.05, 3.63) is 47.1 Å². The Morgan fingerprint density at radius 1 is 1.20 bits per heavy atom. The number of anilines is 1. The van der Waals surface area contributed by atoms with Gasteiger partial charge in [0.15, 0.2) is 6.10 Å². The van der Waals surface area contributed by atoms with E-state index in [1.165, 1.54) is 20.3 Å². The van der Waals surface area contributed by atoms with Gasteiger partial charge in [-0.3, -0.25) is 14.7 Å². The highest BCUT2D eigenvalue weighted by molar-refractivity contribution is 6.04. The number of methoxy groups -OCH3 is 2. The fourth-order valence-corrected chi connectivity index (χ4v) is 5.55. The first-order valence-electron chi connectivity index (χ1n) is 15.2. The van der Waals surface area contributed by atoms with Crippen LogP contribution < -0.4 is 11.1 Å². The number of likely N-dealkylation sites (tertiary alicyclic amines) is 1. The van der Waals surface area contributed by atoms with E-state index in [0.29, 0.717) is 29.7 Å². The molecule has 248 valence electrons. The van der Waals surface area contributed by atoms with Gasteiger partial charge >= 0.3 is 6.09 Å². The van der Waals surface area contributed by atoms with Gasteiger partial charge in [0.2, 0.25) is 0 Å². The van der Waals surface area contributed by atoms with Crippen molar-refractivity contribution >= 4 is 29.6 Å². The summed E-state index contributed by atoms with van der Waals surface area (Å²) in [6, 6.07) is 1.29. The molecule has 12 heteroatoms. The van der Waals surface area contributed by atoms with E-state index >= 15 is 0 Å². The molecule has 45 heavy (non-hydrogen) atoms. The molecule has 1 saturated heterocycles. The third-order valence-corrected chi connectivity index (χ3v) is 8.31. The lowest BCUT2D eigenvalue weighted by atomic mass is 9.87. The Morgan fingerprint density at radius 3 is 2.51 bits per heavy atom. The number of carbonyl (C=O) groups excluding carboxylic acids is 2. The van der Waals surface area contributed by atoms with Crippen LogP contribution in [0.5, 0.6) is 11.5 Å². The summed E-state index contributed by atoms with van der Waals surface area (Å²) in [4.78, 5) is 31.6. The van der Waals surface area contributed by atoms with E-state index in [1.54, 1.807) is 44.4 Å². The zero-order valence-electron chi connectivity index (χ0n) is 27.0. The van der Waals surface area contributed by atoms with E-state index in [0.717, 1.165) is 19.5 Å². The van der Waals surface area contributed by atoms with Crippen molar-refractivity contribution in [3.8, 4) is 11.5 Å². The first kappa shape index (κ1) is 35.8. The zero-order valence-corrected chi connectivity index (χ0v) is 27.0. The maximum Gasteiger partial charge on any atom is 0.405 e. The van der Waals surface area contributed by atoms with Gasteiger partial charge in [0, 0.05) is 50.1 Å². The highest BCUT2D eigenvalue weighted by Gasteiger charge is 2.30. The first-order chi connectivity index (χ1) is 21.4. The standard InChI is InChI=1S/C33H48N4O8/c1-19-15-23-28(35-11-14-37-12-8-13-37)25(38)18-24(30(23)40)36-32(41)20(2)9-7-10-26(43-5)31(45-33(34)42)22(4)17-21(3)29(39)27(16-19)44-6/h7,9-11,17-19,21,26-27,29,31,38-40H,8,12-16H2,1-6H3,(H2,34,42)(H,36,41)/b10-7-,20-9+,22-17+,35-11?/t19-,21+,26+,27+,29-,31+/m1/s1. The maximum atomic E-state index is 13.1. The Kier molecular flexibility index (Phi) is 13.2. The van der Waals surface area contributed by atoms with Crippen LogP contribution in [0.3, 0.4) is 0 Å². The Balaban J connectivity index is 2.08. The van der Waals surface area contributed by atoms with Crippen LogP contribution in [0.2, 0.25) is 0 Å². The van der Waals surface area contributed by atoms with Gasteiger partial charge < -0.3 is 40.6 Å². The molecule has 2 amide bonds. The molecule has 0 aliphatic carbocycles. The lowest BCUT2D eigenvalue weighted by Gasteiger charge is -2.29. The molecule has 2 aliphatic rings. The van der Waals surface area contributed by atoms with Crippen LogP contribution in [-0.2, 0) is 25.4 Å². The molecule has 0 aromatic heterocycles. The predicted molar refractivity (Wildman–Crippen MR) is 173 cm³/mol. The predicted octanol–water partition coefficient (Wildman–Crippen LogP) is 3.97. The Hall–Kier alpha value is -3.71. The van der Waals surface area contributed by atoms with Gasteiger partial charge in [-0.25, -0.2) is 4.79 Å². The van der Waals surface area contributed by atoms with Gasteiger partial charge in [-0.2, -0.15) is 0 Å². The van der Waals surface area contributed by atoms with E-state index in [1.807, 2.05) is 13.8 Å². The molecule has 0 radical (unpaired) electrons. The molecule has 0 unspecified atom stereocenters. The molecular formula is C33H48N4O8. The highest BCUT2D eigenvalue weighted by Crippen LogP contribution is 2.44. The number of phenolic OH excluding ortho intramolecular Hbond substituents is 2. The Bertz CT molecular complexity index is 1320. The Morgan fingerprint density at radius 2 is 1.91 bits per heavy atom. The zero-order chi connectivity index (χ0) is 33.3. The molecule has 1 aromatic rings. The summed E-state index contributed by atoms with van der Waals surface area (Å²) in [5.74, 6) is -1.46. The molecule has 0 saturated carbocycles. The number of rotatable bonds is 6. The number of phenols is 2. The third-order valence-electron chi connectivity index (χ3n) is 8.31. The summed E-state index contributed by atoms with van der Waals surface area (Å²) in [7, 11) is 2.97. The summed E-state index contributed by atoms with van der Waals surface area (Å²) in [6.07, 6.45) is 5.86. The summed E-state index contributed by atoms with van der Waals surface area (Å²) in [6.45, 7) is 9.70. The maximum absolute atomic E-state index is 13.1. The van der Waals surface area contributed by atoms with Gasteiger partial charge in [-0.1, -0.05) is 38.2 Å². The Labute approximate surface area is 265 Å². The van der Waals surface area contributed by atoms with Gasteiger partial charge in [0.1, 0.15) is 23.3 Å².